The van der Waals surface area contributed by atoms with Gasteiger partial charge in [0, 0.05) is 4.88 Å². The van der Waals surface area contributed by atoms with E-state index in [1.54, 1.807) is 23.5 Å². The van der Waals surface area contributed by atoms with Gasteiger partial charge in [-0.25, -0.2) is 4.39 Å². The highest BCUT2D eigenvalue weighted by atomic mass is 32.1. The van der Waals surface area contributed by atoms with E-state index in [2.05, 4.69) is 5.43 Å². The molecule has 0 bridgehead atoms. The fourth-order valence-electron chi connectivity index (χ4n) is 1.85. The Morgan fingerprint density at radius 2 is 2.12 bits per heavy atom. The van der Waals surface area contributed by atoms with Gasteiger partial charge in [-0.05, 0) is 42.0 Å². The van der Waals surface area contributed by atoms with Gasteiger partial charge >= 0.3 is 0 Å². The number of hydrazine groups is 1. The summed E-state index contributed by atoms with van der Waals surface area (Å²) in [6.45, 7) is 2.04. The lowest BCUT2D eigenvalue weighted by Crippen LogP contribution is -2.29. The summed E-state index contributed by atoms with van der Waals surface area (Å²) in [5.74, 6) is 5.39. The molecule has 0 aliphatic carbocycles. The molecule has 0 saturated heterocycles. The number of nitrogens with one attached hydrogen (secondary N) is 1. The lowest BCUT2D eigenvalue weighted by atomic mass is 10.0. The fourth-order valence-corrected chi connectivity index (χ4v) is 2.84. The second kappa shape index (κ2) is 5.40. The fraction of sp³-hybridized carbons (Fsp3) is 0.231. The molecule has 0 amide bonds. The van der Waals surface area contributed by atoms with Gasteiger partial charge < -0.3 is 0 Å². The van der Waals surface area contributed by atoms with Crippen molar-refractivity contribution in [3.05, 3.63) is 57.5 Å². The Morgan fingerprint density at radius 1 is 1.35 bits per heavy atom. The second-order valence-electron chi connectivity index (χ2n) is 3.98. The van der Waals surface area contributed by atoms with Crippen LogP contribution in [0, 0.1) is 12.7 Å². The molecule has 0 aliphatic heterocycles. The van der Waals surface area contributed by atoms with Crippen LogP contribution in [-0.2, 0) is 6.42 Å². The van der Waals surface area contributed by atoms with Crippen LogP contribution in [0.3, 0.4) is 0 Å². The largest absolute Gasteiger partial charge is 0.271 e. The summed E-state index contributed by atoms with van der Waals surface area (Å²) in [5.41, 5.74) is 4.64. The minimum absolute atomic E-state index is 0.0353. The van der Waals surface area contributed by atoms with Crippen LogP contribution in [0.25, 0.3) is 0 Å². The maximum atomic E-state index is 13.6. The summed E-state index contributed by atoms with van der Waals surface area (Å²) < 4.78 is 13.6. The van der Waals surface area contributed by atoms with Crippen molar-refractivity contribution < 1.29 is 4.39 Å². The lowest BCUT2D eigenvalue weighted by Gasteiger charge is -2.16. The van der Waals surface area contributed by atoms with Gasteiger partial charge in [0.25, 0.3) is 0 Å². The minimum atomic E-state index is -0.179. The molecular formula is C13H15FN2S. The molecular weight excluding hydrogens is 235 g/mol. The van der Waals surface area contributed by atoms with Gasteiger partial charge in [-0.1, -0.05) is 18.2 Å². The predicted octanol–water partition coefficient (Wildman–Crippen LogP) is 2.94. The molecule has 1 atom stereocenters. The van der Waals surface area contributed by atoms with E-state index in [0.29, 0.717) is 12.0 Å². The number of benzene rings is 1. The molecule has 0 radical (unpaired) electrons. The molecule has 1 unspecified atom stereocenters. The summed E-state index contributed by atoms with van der Waals surface area (Å²) in [4.78, 5) is 1.16. The monoisotopic (exact) mass is 250 g/mol. The van der Waals surface area contributed by atoms with Crippen molar-refractivity contribution in [2.45, 2.75) is 19.4 Å². The van der Waals surface area contributed by atoms with Gasteiger partial charge in [-0.2, -0.15) is 0 Å². The van der Waals surface area contributed by atoms with E-state index in [9.17, 15) is 4.39 Å². The van der Waals surface area contributed by atoms with E-state index in [1.165, 1.54) is 11.6 Å². The molecule has 90 valence electrons. The van der Waals surface area contributed by atoms with Crippen LogP contribution in [0.2, 0.25) is 0 Å². The zero-order chi connectivity index (χ0) is 12.3. The summed E-state index contributed by atoms with van der Waals surface area (Å²) in [6.07, 6.45) is 0.560. The molecule has 2 aromatic rings. The maximum Gasteiger partial charge on any atom is 0.126 e. The molecule has 4 heteroatoms. The Kier molecular flexibility index (Phi) is 3.89. The Morgan fingerprint density at radius 3 is 2.71 bits per heavy atom. The molecule has 0 saturated carbocycles. The van der Waals surface area contributed by atoms with Gasteiger partial charge in [0.05, 0.1) is 6.04 Å². The average molecular weight is 250 g/mol. The lowest BCUT2D eigenvalue weighted by molar-refractivity contribution is 0.534. The number of hydrogen-bond donors (Lipinski definition) is 2. The Bertz CT molecular complexity index is 496. The van der Waals surface area contributed by atoms with Crippen LogP contribution in [0.4, 0.5) is 4.39 Å². The molecule has 1 heterocycles. The van der Waals surface area contributed by atoms with Crippen molar-refractivity contribution in [1.29, 1.82) is 0 Å². The highest BCUT2D eigenvalue weighted by Gasteiger charge is 2.15. The minimum Gasteiger partial charge on any atom is -0.271 e. The van der Waals surface area contributed by atoms with E-state index in [0.717, 1.165) is 4.88 Å². The van der Waals surface area contributed by atoms with Crippen LogP contribution in [-0.4, -0.2) is 0 Å². The van der Waals surface area contributed by atoms with E-state index in [4.69, 9.17) is 5.84 Å². The highest BCUT2D eigenvalue weighted by molar-refractivity contribution is 7.10. The zero-order valence-electron chi connectivity index (χ0n) is 9.61. The number of nitrogens with two attached hydrogens (primary N) is 1. The van der Waals surface area contributed by atoms with E-state index >= 15 is 0 Å². The third-order valence-corrected chi connectivity index (χ3v) is 3.93. The van der Waals surface area contributed by atoms with Crippen molar-refractivity contribution in [2.24, 2.45) is 5.84 Å². The van der Waals surface area contributed by atoms with E-state index in [1.807, 2.05) is 24.4 Å². The van der Waals surface area contributed by atoms with Crippen molar-refractivity contribution in [1.82, 2.24) is 5.43 Å². The van der Waals surface area contributed by atoms with Crippen molar-refractivity contribution in [3.63, 3.8) is 0 Å². The van der Waals surface area contributed by atoms with Gasteiger partial charge in [-0.3, -0.25) is 11.3 Å². The van der Waals surface area contributed by atoms with Crippen LogP contribution in [0.15, 0.2) is 35.7 Å². The topological polar surface area (TPSA) is 38.0 Å². The third kappa shape index (κ3) is 2.72. The smallest absolute Gasteiger partial charge is 0.126 e. The van der Waals surface area contributed by atoms with Gasteiger partial charge in [0.15, 0.2) is 0 Å². The number of halogens is 1. The molecule has 2 nitrogen and oxygen atoms in total. The van der Waals surface area contributed by atoms with Crippen molar-refractivity contribution in [2.75, 3.05) is 0 Å². The Labute approximate surface area is 104 Å². The van der Waals surface area contributed by atoms with Gasteiger partial charge in [-0.15, -0.1) is 11.3 Å². The number of rotatable bonds is 4. The van der Waals surface area contributed by atoms with E-state index < -0.39 is 0 Å². The van der Waals surface area contributed by atoms with Crippen molar-refractivity contribution in [3.8, 4) is 0 Å². The molecule has 3 N–H and O–H groups in total. The maximum absolute atomic E-state index is 13.6. The highest BCUT2D eigenvalue weighted by Crippen LogP contribution is 2.26. The standard InChI is InChI=1S/C13H15FN2S/c1-9-6-7-17-13(9)12(16-15)8-10-4-2-3-5-11(10)14/h2-7,12,16H,8,15H2,1H3. The number of aryl methyl sites for hydroxylation is 1. The van der Waals surface area contributed by atoms with Crippen LogP contribution < -0.4 is 11.3 Å². The molecule has 1 aromatic carbocycles. The van der Waals surface area contributed by atoms with Crippen LogP contribution >= 0.6 is 11.3 Å². The third-order valence-electron chi connectivity index (χ3n) is 2.80. The molecule has 1 aromatic heterocycles. The van der Waals surface area contributed by atoms with Gasteiger partial charge in [0.1, 0.15) is 5.82 Å². The average Bonchev–Trinajstić information content (AvgIpc) is 2.75. The Balaban J connectivity index is 2.22. The van der Waals surface area contributed by atoms with Crippen molar-refractivity contribution >= 4 is 11.3 Å². The van der Waals surface area contributed by atoms with Crippen LogP contribution in [0.1, 0.15) is 22.0 Å². The molecule has 0 fully saturated rings. The first-order valence-corrected chi connectivity index (χ1v) is 6.34. The first-order chi connectivity index (χ1) is 8.22. The molecule has 17 heavy (non-hydrogen) atoms. The SMILES string of the molecule is Cc1ccsc1C(Cc1ccccc1F)NN. The second-order valence-corrected chi connectivity index (χ2v) is 4.93. The van der Waals surface area contributed by atoms with E-state index in [-0.39, 0.29) is 11.9 Å². The molecule has 0 aliphatic rings. The molecule has 2 rings (SSSR count). The van der Waals surface area contributed by atoms with Gasteiger partial charge in [0.2, 0.25) is 0 Å². The summed E-state index contributed by atoms with van der Waals surface area (Å²) >= 11 is 1.64. The first kappa shape index (κ1) is 12.2. The molecule has 0 spiro atoms. The quantitative estimate of drug-likeness (QED) is 0.647. The predicted molar refractivity (Wildman–Crippen MR) is 69.2 cm³/mol. The first-order valence-electron chi connectivity index (χ1n) is 5.46. The summed E-state index contributed by atoms with van der Waals surface area (Å²) in [6, 6.07) is 8.82. The summed E-state index contributed by atoms with van der Waals surface area (Å²) in [7, 11) is 0. The zero-order valence-corrected chi connectivity index (χ0v) is 10.4. The van der Waals surface area contributed by atoms with Crippen LogP contribution in [0.5, 0.6) is 0 Å². The number of thiophene rings is 1. The normalized spacial score (nSPS) is 12.6. The number of hydrogen-bond acceptors (Lipinski definition) is 3. The Hall–Kier alpha value is -1.23. The summed E-state index contributed by atoms with van der Waals surface area (Å²) in [5, 5.41) is 2.02.